The lowest BCUT2D eigenvalue weighted by molar-refractivity contribution is -0.139. The third-order valence-corrected chi connectivity index (χ3v) is 2.90. The van der Waals surface area contributed by atoms with Crippen LogP contribution in [0.25, 0.3) is 0 Å². The van der Waals surface area contributed by atoms with Crippen molar-refractivity contribution in [1.82, 2.24) is 4.57 Å². The van der Waals surface area contributed by atoms with Gasteiger partial charge in [0.2, 0.25) is 0 Å². The molecule has 0 aromatic carbocycles. The van der Waals surface area contributed by atoms with Crippen molar-refractivity contribution in [3.8, 4) is 5.95 Å². The molecule has 2 N–H and O–H groups in total. The van der Waals surface area contributed by atoms with Gasteiger partial charge in [0.1, 0.15) is 0 Å². The van der Waals surface area contributed by atoms with E-state index in [0.717, 1.165) is 10.8 Å². The van der Waals surface area contributed by atoms with Gasteiger partial charge in [-0.15, -0.1) is 11.3 Å². The summed E-state index contributed by atoms with van der Waals surface area (Å²) in [5, 5.41) is 19.7. The minimum Gasteiger partial charge on any atom is -0.480 e. The van der Waals surface area contributed by atoms with E-state index in [9.17, 15) is 9.59 Å². The van der Waals surface area contributed by atoms with Gasteiger partial charge in [0, 0.05) is 4.88 Å². The zero-order valence-corrected chi connectivity index (χ0v) is 8.68. The van der Waals surface area contributed by atoms with Gasteiger partial charge >= 0.3 is 17.7 Å². The van der Waals surface area contributed by atoms with Crippen molar-refractivity contribution in [1.29, 1.82) is 0 Å². The van der Waals surface area contributed by atoms with Crippen LogP contribution in [0.15, 0.2) is 32.9 Å². The molecule has 0 aliphatic carbocycles. The highest BCUT2D eigenvalue weighted by molar-refractivity contribution is 7.10. The first-order valence-corrected chi connectivity index (χ1v) is 5.14. The van der Waals surface area contributed by atoms with Crippen molar-refractivity contribution in [2.75, 3.05) is 0 Å². The van der Waals surface area contributed by atoms with Gasteiger partial charge in [-0.05, 0) is 11.4 Å². The molecule has 0 bridgehead atoms. The Morgan fingerprint density at radius 1 is 1.56 bits per heavy atom. The summed E-state index contributed by atoms with van der Waals surface area (Å²) in [5.74, 6) is -2.70. The number of carboxylic acid groups (broad SMARTS) is 1. The van der Waals surface area contributed by atoms with Crippen LogP contribution in [0.4, 0.5) is 0 Å². The summed E-state index contributed by atoms with van der Waals surface area (Å²) >= 11 is 1.21. The molecule has 7 heteroatoms. The van der Waals surface area contributed by atoms with E-state index >= 15 is 0 Å². The molecule has 2 rings (SSSR count). The lowest BCUT2D eigenvalue weighted by Gasteiger charge is -2.09. The topological polar surface area (TPSA) is 92.7 Å². The summed E-state index contributed by atoms with van der Waals surface area (Å²) in [4.78, 5) is 22.8. The number of oxazole rings is 1. The van der Waals surface area contributed by atoms with Crippen molar-refractivity contribution < 1.29 is 19.4 Å². The second kappa shape index (κ2) is 3.86. The van der Waals surface area contributed by atoms with Gasteiger partial charge < -0.3 is 14.6 Å². The maximum atomic E-state index is 11.3. The third-order valence-electron chi connectivity index (χ3n) is 1.98. The molecular formula is C9H7NO5S. The van der Waals surface area contributed by atoms with Crippen LogP contribution in [0.1, 0.15) is 10.9 Å². The van der Waals surface area contributed by atoms with Gasteiger partial charge in [-0.2, -0.15) is 0 Å². The number of nitrogens with zero attached hydrogens (tertiary/aromatic N) is 1. The number of aromatic hydroxyl groups is 1. The summed E-state index contributed by atoms with van der Waals surface area (Å²) in [6.07, 6.45) is 0.959. The van der Waals surface area contributed by atoms with Gasteiger partial charge in [0.05, 0.1) is 6.20 Å². The molecule has 1 unspecified atom stereocenters. The fourth-order valence-electron chi connectivity index (χ4n) is 1.34. The molecule has 2 heterocycles. The second-order valence-electron chi connectivity index (χ2n) is 3.00. The standard InChI is InChI=1S/C9H7NO5S/c11-6-4-10(9(14)15-6)7(8(12)13)5-2-1-3-16-5/h1-4,7,11H,(H,12,13). The minimum atomic E-state index is -1.19. The SMILES string of the molecule is O=C(O)C(c1cccs1)n1cc(O)oc1=O. The Kier molecular flexibility index (Phi) is 2.53. The first kappa shape index (κ1) is 10.5. The number of hydrogen-bond acceptors (Lipinski definition) is 5. The third kappa shape index (κ3) is 1.72. The van der Waals surface area contributed by atoms with Crippen molar-refractivity contribution in [2.24, 2.45) is 0 Å². The number of aromatic nitrogens is 1. The van der Waals surface area contributed by atoms with Gasteiger partial charge in [-0.1, -0.05) is 6.07 Å². The van der Waals surface area contributed by atoms with Crippen molar-refractivity contribution in [2.45, 2.75) is 6.04 Å². The van der Waals surface area contributed by atoms with Crippen molar-refractivity contribution in [3.05, 3.63) is 39.1 Å². The van der Waals surface area contributed by atoms with Crippen LogP contribution in [0.5, 0.6) is 5.95 Å². The maximum Gasteiger partial charge on any atom is 0.423 e. The zero-order valence-electron chi connectivity index (χ0n) is 7.86. The van der Waals surface area contributed by atoms with Crippen LogP contribution in [0.3, 0.4) is 0 Å². The molecule has 16 heavy (non-hydrogen) atoms. The summed E-state index contributed by atoms with van der Waals surface area (Å²) in [6.45, 7) is 0. The van der Waals surface area contributed by atoms with Crippen LogP contribution >= 0.6 is 11.3 Å². The van der Waals surface area contributed by atoms with E-state index in [1.807, 2.05) is 0 Å². The Balaban J connectivity index is 2.53. The van der Waals surface area contributed by atoms with Crippen molar-refractivity contribution in [3.63, 3.8) is 0 Å². The van der Waals surface area contributed by atoms with E-state index in [1.54, 1.807) is 17.5 Å². The second-order valence-corrected chi connectivity index (χ2v) is 3.98. The quantitative estimate of drug-likeness (QED) is 0.832. The summed E-state index contributed by atoms with van der Waals surface area (Å²) in [5.41, 5.74) is 0. The fraction of sp³-hybridized carbons (Fsp3) is 0.111. The largest absolute Gasteiger partial charge is 0.480 e. The summed E-state index contributed by atoms with van der Waals surface area (Å²) in [7, 11) is 0. The highest BCUT2D eigenvalue weighted by Gasteiger charge is 2.26. The Morgan fingerprint density at radius 3 is 2.75 bits per heavy atom. The van der Waals surface area contributed by atoms with E-state index in [4.69, 9.17) is 10.2 Å². The predicted octanol–water partition coefficient (Wildman–Crippen LogP) is 0.882. The molecular weight excluding hydrogens is 234 g/mol. The number of hydrogen-bond donors (Lipinski definition) is 2. The first-order valence-electron chi connectivity index (χ1n) is 4.26. The Labute approximate surface area is 93.0 Å². The number of aliphatic carboxylic acids is 1. The molecule has 2 aromatic rings. The molecule has 0 spiro atoms. The average molecular weight is 241 g/mol. The van der Waals surface area contributed by atoms with Gasteiger partial charge in [0.15, 0.2) is 6.04 Å². The van der Waals surface area contributed by atoms with Gasteiger partial charge in [-0.3, -0.25) is 4.57 Å². The number of thiophene rings is 1. The van der Waals surface area contributed by atoms with Crippen LogP contribution in [0.2, 0.25) is 0 Å². The Hall–Kier alpha value is -2.02. The molecule has 0 radical (unpaired) electrons. The first-order chi connectivity index (χ1) is 7.59. The smallest absolute Gasteiger partial charge is 0.423 e. The number of carboxylic acids is 1. The lowest BCUT2D eigenvalue weighted by atomic mass is 10.2. The lowest BCUT2D eigenvalue weighted by Crippen LogP contribution is -2.26. The minimum absolute atomic E-state index is 0.482. The fourth-order valence-corrected chi connectivity index (χ4v) is 2.16. The van der Waals surface area contributed by atoms with Crippen LogP contribution in [0, 0.1) is 0 Å². The molecule has 6 nitrogen and oxygen atoms in total. The average Bonchev–Trinajstić information content (AvgIpc) is 2.78. The Morgan fingerprint density at radius 2 is 2.31 bits per heavy atom. The van der Waals surface area contributed by atoms with E-state index in [-0.39, 0.29) is 0 Å². The summed E-state index contributed by atoms with van der Waals surface area (Å²) < 4.78 is 5.18. The molecule has 84 valence electrons. The summed E-state index contributed by atoms with van der Waals surface area (Å²) in [6, 6.07) is 2.11. The molecule has 1 atom stereocenters. The maximum absolute atomic E-state index is 11.3. The van der Waals surface area contributed by atoms with Crippen LogP contribution < -0.4 is 5.76 Å². The molecule has 2 aromatic heterocycles. The molecule has 0 saturated heterocycles. The highest BCUT2D eigenvalue weighted by Crippen LogP contribution is 2.23. The molecule has 0 fully saturated rings. The molecule has 0 aliphatic rings. The highest BCUT2D eigenvalue weighted by atomic mass is 32.1. The van der Waals surface area contributed by atoms with E-state index in [1.165, 1.54) is 11.3 Å². The molecule has 0 amide bonds. The number of rotatable bonds is 3. The van der Waals surface area contributed by atoms with E-state index in [0.29, 0.717) is 4.88 Å². The molecule has 0 aliphatic heterocycles. The number of carbonyl (C=O) groups is 1. The van der Waals surface area contributed by atoms with Crippen molar-refractivity contribution >= 4 is 17.3 Å². The van der Waals surface area contributed by atoms with Crippen LogP contribution in [-0.4, -0.2) is 20.7 Å². The van der Waals surface area contributed by atoms with E-state index in [2.05, 4.69) is 4.42 Å². The van der Waals surface area contributed by atoms with Gasteiger partial charge in [-0.25, -0.2) is 9.59 Å². The monoisotopic (exact) mass is 241 g/mol. The normalized spacial score (nSPS) is 12.5. The van der Waals surface area contributed by atoms with Crippen LogP contribution in [-0.2, 0) is 4.79 Å². The Bertz CT molecular complexity index is 553. The van der Waals surface area contributed by atoms with Gasteiger partial charge in [0.25, 0.3) is 0 Å². The van der Waals surface area contributed by atoms with E-state index < -0.39 is 23.7 Å². The predicted molar refractivity (Wildman–Crippen MR) is 54.7 cm³/mol. The zero-order chi connectivity index (χ0) is 11.7. The molecule has 0 saturated carbocycles.